The van der Waals surface area contributed by atoms with E-state index in [1.165, 1.54) is 7.11 Å². The van der Waals surface area contributed by atoms with Crippen LogP contribution in [-0.2, 0) is 23.7 Å². The minimum Gasteiger partial charge on any atom is -0.455 e. The molecule has 1 aromatic rings. The highest BCUT2D eigenvalue weighted by Gasteiger charge is 2.91. The lowest BCUT2D eigenvalue weighted by molar-refractivity contribution is -0.320. The van der Waals surface area contributed by atoms with Crippen LogP contribution in [0.4, 0.5) is 0 Å². The smallest absolute Gasteiger partial charge is 0.338 e. The Morgan fingerprint density at radius 1 is 1.00 bits per heavy atom. The molecule has 43 heavy (non-hydrogen) atoms. The number of rotatable bonds is 8. The molecule has 5 saturated carbocycles. The fourth-order valence-electron chi connectivity index (χ4n) is 11.9. The van der Waals surface area contributed by atoms with Gasteiger partial charge < -0.3 is 44.1 Å². The number of aliphatic hydroxyl groups is 4. The van der Waals surface area contributed by atoms with Crippen molar-refractivity contribution in [3.63, 3.8) is 0 Å². The summed E-state index contributed by atoms with van der Waals surface area (Å²) in [5.74, 6) is -2.94. The van der Waals surface area contributed by atoms with E-state index in [9.17, 15) is 25.2 Å². The maximum Gasteiger partial charge on any atom is 0.338 e. The Morgan fingerprint density at radius 3 is 2.33 bits per heavy atom. The molecule has 7 rings (SSSR count). The van der Waals surface area contributed by atoms with Gasteiger partial charge in [0.05, 0.1) is 30.5 Å². The fourth-order valence-corrected chi connectivity index (χ4v) is 11.9. The van der Waals surface area contributed by atoms with E-state index in [-0.39, 0.29) is 25.0 Å². The van der Waals surface area contributed by atoms with Gasteiger partial charge in [0, 0.05) is 76.0 Å². The summed E-state index contributed by atoms with van der Waals surface area (Å²) in [5, 5.41) is 49.7. The van der Waals surface area contributed by atoms with E-state index >= 15 is 0 Å². The van der Waals surface area contributed by atoms with Gasteiger partial charge in [-0.05, 0) is 31.0 Å². The van der Waals surface area contributed by atoms with Gasteiger partial charge in [-0.15, -0.1) is 0 Å². The van der Waals surface area contributed by atoms with Gasteiger partial charge in [-0.1, -0.05) is 25.1 Å². The van der Waals surface area contributed by atoms with E-state index in [1.807, 2.05) is 0 Å². The first-order chi connectivity index (χ1) is 20.6. The predicted octanol–water partition coefficient (Wildman–Crippen LogP) is 0.0773. The number of carbonyl (C=O) groups excluding carboxylic acids is 1. The van der Waals surface area contributed by atoms with Crippen LogP contribution in [-0.4, -0.2) is 133 Å². The highest BCUT2D eigenvalue weighted by atomic mass is 16.6. The van der Waals surface area contributed by atoms with E-state index in [0.29, 0.717) is 25.1 Å². The van der Waals surface area contributed by atoms with Gasteiger partial charge in [0.1, 0.15) is 29.5 Å². The Labute approximate surface area is 252 Å². The molecule has 11 nitrogen and oxygen atoms in total. The molecule has 0 aromatic heterocycles. The van der Waals surface area contributed by atoms with Crippen molar-refractivity contribution in [1.82, 2.24) is 4.90 Å². The summed E-state index contributed by atoms with van der Waals surface area (Å²) in [5.41, 5.74) is -4.81. The Bertz CT molecular complexity index is 1250. The topological polar surface area (TPSA) is 147 Å². The van der Waals surface area contributed by atoms with Crippen molar-refractivity contribution >= 4 is 5.97 Å². The van der Waals surface area contributed by atoms with E-state index in [2.05, 4.69) is 11.8 Å². The number of ether oxygens (including phenoxy) is 5. The molecule has 5 aliphatic carbocycles. The number of methoxy groups -OCH3 is 4. The van der Waals surface area contributed by atoms with E-state index in [4.69, 9.17) is 23.7 Å². The number of nitrogens with zero attached hydrogens (tertiary/aromatic N) is 1. The summed E-state index contributed by atoms with van der Waals surface area (Å²) < 4.78 is 30.5. The van der Waals surface area contributed by atoms with Gasteiger partial charge in [-0.2, -0.15) is 0 Å². The van der Waals surface area contributed by atoms with E-state index in [0.717, 1.165) is 0 Å². The zero-order valence-corrected chi connectivity index (χ0v) is 25.5. The number of carbonyl (C=O) groups is 1. The Balaban J connectivity index is 1.48. The maximum absolute atomic E-state index is 13.6. The van der Waals surface area contributed by atoms with Gasteiger partial charge in [0.2, 0.25) is 0 Å². The number of esters is 1. The highest BCUT2D eigenvalue weighted by molar-refractivity contribution is 5.89. The average molecular weight is 604 g/mol. The number of likely N-dealkylation sites (tertiary alicyclic amines) is 1. The van der Waals surface area contributed by atoms with Crippen molar-refractivity contribution in [2.75, 3.05) is 48.1 Å². The molecule has 1 aromatic carbocycles. The average Bonchev–Trinajstić information content (AvgIpc) is 3.39. The zero-order valence-electron chi connectivity index (χ0n) is 25.5. The zero-order chi connectivity index (χ0) is 30.7. The minimum atomic E-state index is -1.86. The number of aliphatic hydroxyl groups excluding tert-OH is 2. The van der Waals surface area contributed by atoms with Crippen LogP contribution in [0, 0.1) is 34.5 Å². The Morgan fingerprint density at radius 2 is 1.72 bits per heavy atom. The first-order valence-corrected chi connectivity index (χ1v) is 15.5. The molecule has 11 heteroatoms. The van der Waals surface area contributed by atoms with Crippen LogP contribution < -0.4 is 0 Å². The molecule has 6 aliphatic rings. The van der Waals surface area contributed by atoms with Crippen molar-refractivity contribution in [3.05, 3.63) is 35.9 Å². The molecule has 6 fully saturated rings. The molecule has 0 amide bonds. The van der Waals surface area contributed by atoms with Crippen molar-refractivity contribution in [2.45, 2.75) is 73.6 Å². The summed E-state index contributed by atoms with van der Waals surface area (Å²) >= 11 is 0. The lowest BCUT2D eigenvalue weighted by atomic mass is 9.42. The number of hydrogen-bond acceptors (Lipinski definition) is 11. The third-order valence-electron chi connectivity index (χ3n) is 12.9. The Hall–Kier alpha value is -1.67. The number of hydrogen-bond donors (Lipinski definition) is 4. The van der Waals surface area contributed by atoms with Gasteiger partial charge in [0.15, 0.2) is 0 Å². The number of piperidine rings is 1. The standard InChI is InChI=1S/C32H45NO10/c1-6-33-14-29(15-39-2)18(34)12-19(40-3)31-17-13-30(37)26(43-28(36)16-10-8-7-9-11-16)20(17)32(38,25(35)27(30)42-5)21(24(31)33)22(41-4)23(29)31/h7-11,17-27,34-35,37-38H,6,12-15H2,1-5H3/t17?,18-,19+,20-,21?,22+,23?,24+,25+,26-,27+,29+,30?,31+,32-/m1/s1. The van der Waals surface area contributed by atoms with Gasteiger partial charge >= 0.3 is 5.97 Å². The summed E-state index contributed by atoms with van der Waals surface area (Å²) in [6, 6.07) is 8.25. The molecule has 4 N–H and O–H groups in total. The second kappa shape index (κ2) is 9.91. The summed E-state index contributed by atoms with van der Waals surface area (Å²) in [6.45, 7) is 3.46. The fraction of sp³-hybridized carbons (Fsp3) is 0.781. The van der Waals surface area contributed by atoms with Crippen LogP contribution in [0.15, 0.2) is 30.3 Å². The minimum absolute atomic E-state index is 0.106. The molecule has 15 atom stereocenters. The van der Waals surface area contributed by atoms with Crippen molar-refractivity contribution in [3.8, 4) is 0 Å². The van der Waals surface area contributed by atoms with Crippen molar-refractivity contribution < 1.29 is 48.9 Å². The van der Waals surface area contributed by atoms with Crippen LogP contribution in [0.3, 0.4) is 0 Å². The largest absolute Gasteiger partial charge is 0.455 e. The first-order valence-electron chi connectivity index (χ1n) is 15.5. The lowest BCUT2D eigenvalue weighted by Crippen LogP contribution is -2.81. The van der Waals surface area contributed by atoms with Crippen molar-refractivity contribution in [2.24, 2.45) is 34.5 Å². The molecule has 238 valence electrons. The van der Waals surface area contributed by atoms with Crippen LogP contribution >= 0.6 is 0 Å². The maximum atomic E-state index is 13.6. The van der Waals surface area contributed by atoms with Gasteiger partial charge in [0.25, 0.3) is 0 Å². The highest BCUT2D eigenvalue weighted by Crippen LogP contribution is 2.80. The van der Waals surface area contributed by atoms with E-state index < -0.39 is 82.4 Å². The second-order valence-electron chi connectivity index (χ2n) is 13.9. The Kier molecular flexibility index (Phi) is 6.92. The van der Waals surface area contributed by atoms with E-state index in [1.54, 1.807) is 51.7 Å². The first kappa shape index (κ1) is 30.0. The van der Waals surface area contributed by atoms with Gasteiger partial charge in [-0.3, -0.25) is 4.90 Å². The van der Waals surface area contributed by atoms with Crippen LogP contribution in [0.25, 0.3) is 0 Å². The van der Waals surface area contributed by atoms with Gasteiger partial charge in [-0.25, -0.2) is 4.79 Å². The molecule has 1 aliphatic heterocycles. The lowest BCUT2D eigenvalue weighted by Gasteiger charge is -2.70. The predicted molar refractivity (Wildman–Crippen MR) is 151 cm³/mol. The summed E-state index contributed by atoms with van der Waals surface area (Å²) in [7, 11) is 6.29. The summed E-state index contributed by atoms with van der Waals surface area (Å²) in [6.07, 6.45) is -5.27. The molecule has 1 spiro atoms. The molecule has 7 bridgehead atoms. The third-order valence-corrected chi connectivity index (χ3v) is 12.9. The van der Waals surface area contributed by atoms with Crippen LogP contribution in [0.1, 0.15) is 30.1 Å². The molecule has 1 heterocycles. The molecule has 1 saturated heterocycles. The van der Waals surface area contributed by atoms with Crippen molar-refractivity contribution in [1.29, 1.82) is 0 Å². The number of benzene rings is 1. The summed E-state index contributed by atoms with van der Waals surface area (Å²) in [4.78, 5) is 15.8. The third kappa shape index (κ3) is 3.28. The molecule has 4 unspecified atom stereocenters. The molecular weight excluding hydrogens is 558 g/mol. The van der Waals surface area contributed by atoms with Crippen LogP contribution in [0.5, 0.6) is 0 Å². The SMILES string of the molecule is CCN1C[C@@]2(COC)C3[C@@H](OC)C4[C@H]1[C@@]3(C1CC3(O)[C@H](OC(=O)c5ccccc5)[C@@H]1[C@]4(O)[C@@H](O)[C@@H]3OC)[C@@H](OC)C[C@H]2O. The quantitative estimate of drug-likeness (QED) is 0.300. The molecular formula is C32H45NO10. The monoisotopic (exact) mass is 603 g/mol. The normalized spacial score (nSPS) is 52.7. The molecule has 0 radical (unpaired) electrons. The number of fused-ring (bicyclic) bond motifs is 2. The second-order valence-corrected chi connectivity index (χ2v) is 13.9. The van der Waals surface area contributed by atoms with Crippen LogP contribution in [0.2, 0.25) is 0 Å².